The van der Waals surface area contributed by atoms with E-state index < -0.39 is 29.2 Å². The molecule has 0 bridgehead atoms. The van der Waals surface area contributed by atoms with Crippen LogP contribution < -0.4 is 16.4 Å². The summed E-state index contributed by atoms with van der Waals surface area (Å²) in [6.07, 6.45) is 3.30. The Hall–Kier alpha value is -2.19. The van der Waals surface area contributed by atoms with Crippen LogP contribution in [0.3, 0.4) is 0 Å². The maximum absolute atomic E-state index is 13.2. The van der Waals surface area contributed by atoms with Crippen LogP contribution in [0.25, 0.3) is 0 Å². The van der Waals surface area contributed by atoms with Crippen molar-refractivity contribution in [3.63, 3.8) is 0 Å². The first-order chi connectivity index (χ1) is 12.2. The van der Waals surface area contributed by atoms with Gasteiger partial charge in [0.25, 0.3) is 0 Å². The Bertz CT molecular complexity index is 765. The van der Waals surface area contributed by atoms with Crippen LogP contribution in [-0.2, 0) is 11.0 Å². The molecule has 3 rings (SSSR count). The quantitative estimate of drug-likeness (QED) is 0.703. The fourth-order valence-electron chi connectivity index (χ4n) is 2.92. The maximum atomic E-state index is 13.2. The zero-order valence-electron chi connectivity index (χ0n) is 13.7. The highest BCUT2D eigenvalue weighted by molar-refractivity contribution is 6.30. The van der Waals surface area contributed by atoms with Gasteiger partial charge in [0.15, 0.2) is 0 Å². The van der Waals surface area contributed by atoms with Gasteiger partial charge in [-0.1, -0.05) is 23.8 Å². The Labute approximate surface area is 153 Å². The number of nitrogens with two attached hydrogens (primary N) is 1. The first-order valence-electron chi connectivity index (χ1n) is 7.98. The average Bonchev–Trinajstić information content (AvgIpc) is 3.29. The number of carbonyl (C=O) groups is 1. The van der Waals surface area contributed by atoms with Gasteiger partial charge in [0.05, 0.1) is 18.3 Å². The third-order valence-corrected chi connectivity index (χ3v) is 4.73. The minimum Gasteiger partial charge on any atom is -0.379 e. The number of carbonyl (C=O) groups excluding carboxylic acids is 1. The number of alkyl halides is 3. The van der Waals surface area contributed by atoms with Crippen molar-refractivity contribution in [2.24, 2.45) is 5.73 Å². The molecule has 2 aliphatic rings. The van der Waals surface area contributed by atoms with E-state index in [4.69, 9.17) is 17.3 Å². The van der Waals surface area contributed by atoms with Gasteiger partial charge < -0.3 is 16.0 Å². The van der Waals surface area contributed by atoms with Crippen LogP contribution in [0.2, 0.25) is 5.02 Å². The molecule has 0 radical (unpaired) electrons. The molecule has 1 aromatic carbocycles. The standard InChI is InChI=1S/C17H18ClF3N4O/c18-11-4-5-13(12(8-11)17(19,20)21)24-14-9-16(14,15(22)26)23-10-25-6-2-1-3-7-25/h1-6,8,14,23-24H,7,9-10H2,(H2,22,26). The van der Waals surface area contributed by atoms with E-state index in [9.17, 15) is 18.0 Å². The number of anilines is 1. The summed E-state index contributed by atoms with van der Waals surface area (Å²) in [6, 6.07) is 2.95. The number of primary amides is 1. The zero-order chi connectivity index (χ0) is 18.9. The molecule has 1 saturated carbocycles. The van der Waals surface area contributed by atoms with Crippen LogP contribution in [-0.4, -0.2) is 35.6 Å². The number of halogens is 4. The SMILES string of the molecule is NC(=O)C1(NCN2C=CC=CC2)CC1Nc1ccc(Cl)cc1C(F)(F)F. The molecule has 1 fully saturated rings. The number of benzene rings is 1. The summed E-state index contributed by atoms with van der Waals surface area (Å²) in [7, 11) is 0. The van der Waals surface area contributed by atoms with Gasteiger partial charge in [0.1, 0.15) is 5.54 Å². The number of nitrogens with one attached hydrogen (secondary N) is 2. The van der Waals surface area contributed by atoms with E-state index >= 15 is 0 Å². The van der Waals surface area contributed by atoms with Gasteiger partial charge in [0.2, 0.25) is 5.91 Å². The molecule has 4 N–H and O–H groups in total. The summed E-state index contributed by atoms with van der Waals surface area (Å²) in [5, 5.41) is 5.85. The Morgan fingerprint density at radius 3 is 2.77 bits per heavy atom. The predicted octanol–water partition coefficient (Wildman–Crippen LogP) is 2.70. The monoisotopic (exact) mass is 386 g/mol. The molecule has 0 saturated heterocycles. The summed E-state index contributed by atoms with van der Waals surface area (Å²) in [5.74, 6) is -0.603. The van der Waals surface area contributed by atoms with Crippen molar-refractivity contribution in [3.8, 4) is 0 Å². The number of nitrogens with zero attached hydrogens (tertiary/aromatic N) is 1. The summed E-state index contributed by atoms with van der Waals surface area (Å²) >= 11 is 5.69. The molecule has 5 nitrogen and oxygen atoms in total. The van der Waals surface area contributed by atoms with Crippen LogP contribution in [0.4, 0.5) is 18.9 Å². The number of amides is 1. The average molecular weight is 387 g/mol. The van der Waals surface area contributed by atoms with Crippen LogP contribution in [0.1, 0.15) is 12.0 Å². The Kier molecular flexibility index (Phi) is 4.90. The fraction of sp³-hybridized carbons (Fsp3) is 0.353. The predicted molar refractivity (Wildman–Crippen MR) is 93.4 cm³/mol. The molecule has 140 valence electrons. The van der Waals surface area contributed by atoms with Crippen molar-refractivity contribution in [2.45, 2.75) is 24.2 Å². The highest BCUT2D eigenvalue weighted by Crippen LogP contribution is 2.42. The number of allylic oxidation sites excluding steroid dienone is 2. The Morgan fingerprint density at radius 1 is 1.38 bits per heavy atom. The van der Waals surface area contributed by atoms with Gasteiger partial charge in [-0.2, -0.15) is 13.2 Å². The topological polar surface area (TPSA) is 70.4 Å². The molecule has 1 aromatic rings. The van der Waals surface area contributed by atoms with Crippen molar-refractivity contribution in [2.75, 3.05) is 18.5 Å². The highest BCUT2D eigenvalue weighted by atomic mass is 35.5. The molecule has 1 aliphatic heterocycles. The maximum Gasteiger partial charge on any atom is 0.418 e. The smallest absolute Gasteiger partial charge is 0.379 e. The third-order valence-electron chi connectivity index (χ3n) is 4.50. The zero-order valence-corrected chi connectivity index (χ0v) is 14.4. The first-order valence-corrected chi connectivity index (χ1v) is 8.36. The Morgan fingerprint density at radius 2 is 2.15 bits per heavy atom. The van der Waals surface area contributed by atoms with Crippen LogP contribution in [0, 0.1) is 0 Å². The minimum absolute atomic E-state index is 0.0112. The van der Waals surface area contributed by atoms with Crippen LogP contribution in [0.5, 0.6) is 0 Å². The van der Waals surface area contributed by atoms with Crippen molar-refractivity contribution in [1.82, 2.24) is 10.2 Å². The number of hydrogen-bond donors (Lipinski definition) is 3. The number of hydrogen-bond acceptors (Lipinski definition) is 4. The summed E-state index contributed by atoms with van der Waals surface area (Å²) in [5.41, 5.74) is 3.42. The van der Waals surface area contributed by atoms with Gasteiger partial charge >= 0.3 is 6.18 Å². The lowest BCUT2D eigenvalue weighted by atomic mass is 10.1. The molecular formula is C17H18ClF3N4O. The summed E-state index contributed by atoms with van der Waals surface area (Å²) in [6.45, 7) is 1.03. The van der Waals surface area contributed by atoms with E-state index in [2.05, 4.69) is 10.6 Å². The van der Waals surface area contributed by atoms with Gasteiger partial charge in [-0.05, 0) is 30.7 Å². The molecular weight excluding hydrogens is 369 g/mol. The molecule has 0 aromatic heterocycles. The van der Waals surface area contributed by atoms with Crippen molar-refractivity contribution >= 4 is 23.2 Å². The molecule has 2 atom stereocenters. The Balaban J connectivity index is 1.72. The first kappa shape index (κ1) is 18.6. The molecule has 1 heterocycles. The third kappa shape index (κ3) is 3.81. The van der Waals surface area contributed by atoms with E-state index in [1.54, 1.807) is 0 Å². The second kappa shape index (κ2) is 6.85. The fourth-order valence-corrected chi connectivity index (χ4v) is 3.10. The van der Waals surface area contributed by atoms with Crippen molar-refractivity contribution < 1.29 is 18.0 Å². The van der Waals surface area contributed by atoms with Gasteiger partial charge in [0, 0.05) is 23.5 Å². The van der Waals surface area contributed by atoms with Gasteiger partial charge in [-0.3, -0.25) is 10.1 Å². The molecule has 1 amide bonds. The van der Waals surface area contributed by atoms with E-state index in [1.807, 2.05) is 29.3 Å². The summed E-state index contributed by atoms with van der Waals surface area (Å²) < 4.78 is 39.6. The van der Waals surface area contributed by atoms with E-state index in [1.165, 1.54) is 12.1 Å². The van der Waals surface area contributed by atoms with E-state index in [-0.39, 0.29) is 10.7 Å². The minimum atomic E-state index is -4.56. The highest BCUT2D eigenvalue weighted by Gasteiger charge is 2.59. The van der Waals surface area contributed by atoms with Crippen molar-refractivity contribution in [3.05, 3.63) is 53.2 Å². The second-order valence-corrected chi connectivity index (χ2v) is 6.74. The lowest BCUT2D eigenvalue weighted by Gasteiger charge is -2.25. The summed E-state index contributed by atoms with van der Waals surface area (Å²) in [4.78, 5) is 13.8. The van der Waals surface area contributed by atoms with Gasteiger partial charge in [-0.25, -0.2) is 0 Å². The normalized spacial score (nSPS) is 24.6. The second-order valence-electron chi connectivity index (χ2n) is 6.30. The molecule has 0 spiro atoms. The lowest BCUT2D eigenvalue weighted by Crippen LogP contribution is -2.51. The van der Waals surface area contributed by atoms with E-state index in [0.717, 1.165) is 6.07 Å². The molecule has 9 heteroatoms. The van der Waals surface area contributed by atoms with Crippen molar-refractivity contribution in [1.29, 1.82) is 0 Å². The van der Waals surface area contributed by atoms with Crippen LogP contribution >= 0.6 is 11.6 Å². The molecule has 2 unspecified atom stereocenters. The van der Waals surface area contributed by atoms with Gasteiger partial charge in [-0.15, -0.1) is 0 Å². The number of rotatable bonds is 6. The van der Waals surface area contributed by atoms with E-state index in [0.29, 0.717) is 19.6 Å². The van der Waals surface area contributed by atoms with Crippen LogP contribution in [0.15, 0.2) is 42.6 Å². The molecule has 26 heavy (non-hydrogen) atoms. The lowest BCUT2D eigenvalue weighted by molar-refractivity contribution is -0.137. The molecule has 1 aliphatic carbocycles. The largest absolute Gasteiger partial charge is 0.418 e.